The highest BCUT2D eigenvalue weighted by atomic mass is 127. The van der Waals surface area contributed by atoms with Crippen LogP contribution in [0.4, 0.5) is 4.39 Å². The largest absolute Gasteiger partial charge is 0.207 e. The zero-order chi connectivity index (χ0) is 9.84. The van der Waals surface area contributed by atoms with Crippen LogP contribution in [-0.4, -0.2) is 0 Å². The lowest BCUT2D eigenvalue weighted by Gasteiger charge is -2.04. The Labute approximate surface area is 92.0 Å². The Balaban J connectivity index is 2.92. The lowest BCUT2D eigenvalue weighted by Crippen LogP contribution is -1.92. The Morgan fingerprint density at radius 2 is 2.23 bits per heavy atom. The molecule has 0 bridgehead atoms. The van der Waals surface area contributed by atoms with Gasteiger partial charge in [-0.2, -0.15) is 0 Å². The van der Waals surface area contributed by atoms with E-state index in [1.54, 1.807) is 13.0 Å². The average Bonchev–Trinajstić information content (AvgIpc) is 2.10. The van der Waals surface area contributed by atoms with Gasteiger partial charge >= 0.3 is 0 Å². The van der Waals surface area contributed by atoms with Crippen LogP contribution in [0.3, 0.4) is 0 Å². The lowest BCUT2D eigenvalue weighted by molar-refractivity contribution is 0.614. The molecule has 0 amide bonds. The maximum atomic E-state index is 13.2. The van der Waals surface area contributed by atoms with Crippen LogP contribution in [0.25, 0.3) is 0 Å². The van der Waals surface area contributed by atoms with Gasteiger partial charge in [-0.05, 0) is 65.6 Å². The number of allylic oxidation sites excluding steroid dienone is 1. The molecule has 2 heteroatoms. The minimum atomic E-state index is -0.106. The molecule has 0 unspecified atom stereocenters. The first-order valence-corrected chi connectivity index (χ1v) is 5.28. The summed E-state index contributed by atoms with van der Waals surface area (Å²) in [4.78, 5) is 0. The topological polar surface area (TPSA) is 0 Å². The lowest BCUT2D eigenvalue weighted by atomic mass is 10.1. The summed E-state index contributed by atoms with van der Waals surface area (Å²) in [5.74, 6) is -0.106. The summed E-state index contributed by atoms with van der Waals surface area (Å²) in [5.41, 5.74) is 1.79. The van der Waals surface area contributed by atoms with Crippen LogP contribution in [0.5, 0.6) is 0 Å². The molecule has 0 spiro atoms. The van der Waals surface area contributed by atoms with Gasteiger partial charge in [0.2, 0.25) is 0 Å². The summed E-state index contributed by atoms with van der Waals surface area (Å²) in [5, 5.41) is 0. The number of benzene rings is 1. The molecular formula is C11H12FI. The van der Waals surface area contributed by atoms with Crippen molar-refractivity contribution in [3.05, 3.63) is 45.3 Å². The molecule has 0 saturated carbocycles. The Bertz CT molecular complexity index is 295. The molecule has 0 aliphatic carbocycles. The SMILES string of the molecule is C=CCCc1cc(F)c(C)c(I)c1. The molecule has 13 heavy (non-hydrogen) atoms. The maximum absolute atomic E-state index is 13.2. The van der Waals surface area contributed by atoms with Gasteiger partial charge in [-0.3, -0.25) is 0 Å². The van der Waals surface area contributed by atoms with Crippen LogP contribution in [0.1, 0.15) is 17.5 Å². The second kappa shape index (κ2) is 4.74. The number of rotatable bonds is 3. The van der Waals surface area contributed by atoms with Gasteiger partial charge < -0.3 is 0 Å². The number of halogens is 2. The van der Waals surface area contributed by atoms with E-state index in [4.69, 9.17) is 0 Å². The van der Waals surface area contributed by atoms with Crippen LogP contribution in [0.15, 0.2) is 24.8 Å². The summed E-state index contributed by atoms with van der Waals surface area (Å²) in [7, 11) is 0. The summed E-state index contributed by atoms with van der Waals surface area (Å²) in [6.45, 7) is 5.44. The van der Waals surface area contributed by atoms with Crippen molar-refractivity contribution < 1.29 is 4.39 Å². The van der Waals surface area contributed by atoms with Crippen molar-refractivity contribution in [3.8, 4) is 0 Å². The van der Waals surface area contributed by atoms with E-state index in [1.165, 1.54) is 0 Å². The van der Waals surface area contributed by atoms with Gasteiger partial charge in [0, 0.05) is 3.57 Å². The molecule has 0 aliphatic rings. The smallest absolute Gasteiger partial charge is 0.127 e. The molecule has 0 radical (unpaired) electrons. The fourth-order valence-electron chi connectivity index (χ4n) is 1.11. The van der Waals surface area contributed by atoms with Crippen molar-refractivity contribution in [1.82, 2.24) is 0 Å². The van der Waals surface area contributed by atoms with Gasteiger partial charge in [-0.1, -0.05) is 6.08 Å². The standard InChI is InChI=1S/C11H12FI/c1-3-4-5-9-6-10(12)8(2)11(13)7-9/h3,6-7H,1,4-5H2,2H3. The molecule has 1 aromatic rings. The Kier molecular flexibility index (Phi) is 3.90. The van der Waals surface area contributed by atoms with E-state index in [-0.39, 0.29) is 5.82 Å². The monoisotopic (exact) mass is 290 g/mol. The predicted molar refractivity (Wildman–Crippen MR) is 62.4 cm³/mol. The Morgan fingerprint density at radius 1 is 1.54 bits per heavy atom. The number of hydrogen-bond acceptors (Lipinski definition) is 0. The van der Waals surface area contributed by atoms with Crippen LogP contribution in [0.2, 0.25) is 0 Å². The van der Waals surface area contributed by atoms with E-state index in [2.05, 4.69) is 29.2 Å². The van der Waals surface area contributed by atoms with Crippen molar-refractivity contribution in [1.29, 1.82) is 0 Å². The van der Waals surface area contributed by atoms with Crippen LogP contribution in [-0.2, 0) is 6.42 Å². The molecule has 0 aromatic heterocycles. The molecule has 0 aliphatic heterocycles. The van der Waals surface area contributed by atoms with Gasteiger partial charge in [0.25, 0.3) is 0 Å². The fraction of sp³-hybridized carbons (Fsp3) is 0.273. The first-order chi connectivity index (χ1) is 6.15. The molecule has 0 fully saturated rings. The van der Waals surface area contributed by atoms with Gasteiger partial charge in [-0.15, -0.1) is 6.58 Å². The summed E-state index contributed by atoms with van der Waals surface area (Å²) < 4.78 is 14.2. The van der Waals surface area contributed by atoms with Gasteiger partial charge in [0.05, 0.1) is 0 Å². The summed E-state index contributed by atoms with van der Waals surface area (Å²) >= 11 is 2.16. The van der Waals surface area contributed by atoms with E-state index in [0.717, 1.165) is 27.5 Å². The van der Waals surface area contributed by atoms with Crippen molar-refractivity contribution >= 4 is 22.6 Å². The van der Waals surface area contributed by atoms with E-state index < -0.39 is 0 Å². The molecule has 0 nitrogen and oxygen atoms in total. The zero-order valence-electron chi connectivity index (χ0n) is 7.61. The third-order valence-electron chi connectivity index (χ3n) is 1.98. The normalized spacial score (nSPS) is 10.1. The first-order valence-electron chi connectivity index (χ1n) is 4.20. The molecule has 0 heterocycles. The van der Waals surface area contributed by atoms with Crippen molar-refractivity contribution in [2.24, 2.45) is 0 Å². The third-order valence-corrected chi connectivity index (χ3v) is 3.10. The summed E-state index contributed by atoms with van der Waals surface area (Å²) in [6.07, 6.45) is 3.62. The molecule has 0 atom stereocenters. The van der Waals surface area contributed by atoms with Gasteiger partial charge in [-0.25, -0.2) is 4.39 Å². The average molecular weight is 290 g/mol. The minimum absolute atomic E-state index is 0.106. The van der Waals surface area contributed by atoms with E-state index >= 15 is 0 Å². The van der Waals surface area contributed by atoms with Gasteiger partial charge in [0.1, 0.15) is 5.82 Å². The third kappa shape index (κ3) is 2.79. The van der Waals surface area contributed by atoms with E-state index in [9.17, 15) is 4.39 Å². The summed E-state index contributed by atoms with van der Waals surface area (Å²) in [6, 6.07) is 3.64. The quantitative estimate of drug-likeness (QED) is 0.586. The van der Waals surface area contributed by atoms with Gasteiger partial charge in [0.15, 0.2) is 0 Å². The van der Waals surface area contributed by atoms with Crippen LogP contribution in [0, 0.1) is 16.3 Å². The van der Waals surface area contributed by atoms with Crippen molar-refractivity contribution in [2.75, 3.05) is 0 Å². The van der Waals surface area contributed by atoms with Crippen LogP contribution < -0.4 is 0 Å². The molecule has 70 valence electrons. The second-order valence-corrected chi connectivity index (χ2v) is 4.17. The molecule has 0 saturated heterocycles. The number of aryl methyl sites for hydroxylation is 1. The zero-order valence-corrected chi connectivity index (χ0v) is 9.77. The Hall–Kier alpha value is -0.380. The van der Waals surface area contributed by atoms with Crippen molar-refractivity contribution in [3.63, 3.8) is 0 Å². The van der Waals surface area contributed by atoms with Crippen molar-refractivity contribution in [2.45, 2.75) is 19.8 Å². The number of hydrogen-bond donors (Lipinski definition) is 0. The van der Waals surface area contributed by atoms with E-state index in [0.29, 0.717) is 0 Å². The highest BCUT2D eigenvalue weighted by Gasteiger charge is 2.03. The molecule has 0 N–H and O–H groups in total. The van der Waals surface area contributed by atoms with Crippen LogP contribution >= 0.6 is 22.6 Å². The molecule has 1 rings (SSSR count). The first kappa shape index (κ1) is 10.7. The Morgan fingerprint density at radius 3 is 2.77 bits per heavy atom. The van der Waals surface area contributed by atoms with E-state index in [1.807, 2.05) is 12.1 Å². The fourth-order valence-corrected chi connectivity index (χ4v) is 1.77. The molecule has 1 aromatic carbocycles. The second-order valence-electron chi connectivity index (χ2n) is 3.01. The predicted octanol–water partition coefficient (Wildman–Crippen LogP) is 3.86. The molecular weight excluding hydrogens is 278 g/mol. The minimum Gasteiger partial charge on any atom is -0.207 e. The maximum Gasteiger partial charge on any atom is 0.127 e. The highest BCUT2D eigenvalue weighted by molar-refractivity contribution is 14.1. The highest BCUT2D eigenvalue weighted by Crippen LogP contribution is 2.18.